The molecule has 1 heterocycles. The van der Waals surface area contributed by atoms with E-state index in [9.17, 15) is 0 Å². The van der Waals surface area contributed by atoms with E-state index in [0.717, 1.165) is 40.3 Å². The van der Waals surface area contributed by atoms with Gasteiger partial charge in [0.2, 0.25) is 0 Å². The molecule has 3 nitrogen and oxygen atoms in total. The third-order valence-corrected chi connectivity index (χ3v) is 3.18. The minimum absolute atomic E-state index is 0.686. The van der Waals surface area contributed by atoms with Gasteiger partial charge in [-0.1, -0.05) is 18.2 Å². The first kappa shape index (κ1) is 11.9. The van der Waals surface area contributed by atoms with E-state index in [2.05, 4.69) is 6.07 Å². The Labute approximate surface area is 113 Å². The fraction of sp³-hybridized carbons (Fsp3) is 0.250. The van der Waals surface area contributed by atoms with Crippen LogP contribution in [-0.4, -0.2) is 13.2 Å². The first-order valence-electron chi connectivity index (χ1n) is 6.50. The smallest absolute Gasteiger partial charge is 0.168 e. The predicted octanol–water partition coefficient (Wildman–Crippen LogP) is 3.41. The van der Waals surface area contributed by atoms with Crippen LogP contribution in [0, 0.1) is 6.92 Å². The van der Waals surface area contributed by atoms with Crippen LogP contribution < -0.4 is 15.2 Å². The summed E-state index contributed by atoms with van der Waals surface area (Å²) in [5, 5.41) is 0. The summed E-state index contributed by atoms with van der Waals surface area (Å²) < 4.78 is 11.6. The van der Waals surface area contributed by atoms with E-state index < -0.39 is 0 Å². The van der Waals surface area contributed by atoms with Gasteiger partial charge in [0.25, 0.3) is 0 Å². The summed E-state index contributed by atoms with van der Waals surface area (Å²) in [6.45, 7) is 3.43. The maximum Gasteiger partial charge on any atom is 0.168 e. The number of hydrogen-bond donors (Lipinski definition) is 1. The van der Waals surface area contributed by atoms with Crippen molar-refractivity contribution in [2.75, 3.05) is 18.9 Å². The van der Waals surface area contributed by atoms with Crippen LogP contribution in [0.1, 0.15) is 12.0 Å². The summed E-state index contributed by atoms with van der Waals surface area (Å²) in [5.74, 6) is 1.64. The summed E-state index contributed by atoms with van der Waals surface area (Å²) in [6, 6.07) is 12.0. The van der Waals surface area contributed by atoms with Crippen molar-refractivity contribution in [1.82, 2.24) is 0 Å². The number of aryl methyl sites for hydroxylation is 1. The first-order chi connectivity index (χ1) is 9.24. The molecule has 0 amide bonds. The van der Waals surface area contributed by atoms with E-state index in [1.54, 1.807) is 0 Å². The van der Waals surface area contributed by atoms with E-state index in [0.29, 0.717) is 13.2 Å². The molecule has 1 aliphatic rings. The Hall–Kier alpha value is -2.16. The highest BCUT2D eigenvalue weighted by atomic mass is 16.5. The second-order valence-corrected chi connectivity index (χ2v) is 4.82. The molecule has 0 aliphatic carbocycles. The minimum Gasteiger partial charge on any atom is -0.490 e. The Kier molecular flexibility index (Phi) is 3.03. The molecule has 0 aromatic heterocycles. The number of nitrogens with two attached hydrogens (primary N) is 1. The molecule has 2 N–H and O–H groups in total. The van der Waals surface area contributed by atoms with Gasteiger partial charge in [-0.3, -0.25) is 0 Å². The van der Waals surface area contributed by atoms with Crippen molar-refractivity contribution in [2.45, 2.75) is 13.3 Å². The lowest BCUT2D eigenvalue weighted by molar-refractivity contribution is 0.297. The highest BCUT2D eigenvalue weighted by Gasteiger charge is 2.15. The number of fused-ring (bicyclic) bond motifs is 1. The molecule has 0 unspecified atom stereocenters. The van der Waals surface area contributed by atoms with Crippen LogP contribution >= 0.6 is 0 Å². The number of anilines is 1. The van der Waals surface area contributed by atoms with Gasteiger partial charge in [0.15, 0.2) is 11.5 Å². The lowest BCUT2D eigenvalue weighted by atomic mass is 10.0. The molecule has 0 bridgehead atoms. The molecular weight excluding hydrogens is 238 g/mol. The molecule has 0 spiro atoms. The number of hydrogen-bond acceptors (Lipinski definition) is 3. The van der Waals surface area contributed by atoms with E-state index in [1.807, 2.05) is 37.3 Å². The second-order valence-electron chi connectivity index (χ2n) is 4.82. The summed E-state index contributed by atoms with van der Waals surface area (Å²) in [5.41, 5.74) is 9.94. The lowest BCUT2D eigenvalue weighted by Gasteiger charge is -2.13. The monoisotopic (exact) mass is 255 g/mol. The van der Waals surface area contributed by atoms with Gasteiger partial charge >= 0.3 is 0 Å². The van der Waals surface area contributed by atoms with Crippen molar-refractivity contribution in [3.63, 3.8) is 0 Å². The van der Waals surface area contributed by atoms with E-state index >= 15 is 0 Å². The summed E-state index contributed by atoms with van der Waals surface area (Å²) in [4.78, 5) is 0. The summed E-state index contributed by atoms with van der Waals surface area (Å²) in [7, 11) is 0. The summed E-state index contributed by atoms with van der Waals surface area (Å²) in [6.07, 6.45) is 0.907. The van der Waals surface area contributed by atoms with Crippen LogP contribution in [0.5, 0.6) is 11.5 Å². The maximum atomic E-state index is 5.93. The number of benzene rings is 2. The molecule has 1 aliphatic heterocycles. The topological polar surface area (TPSA) is 44.5 Å². The second kappa shape index (κ2) is 4.84. The Morgan fingerprint density at radius 3 is 2.74 bits per heavy atom. The fourth-order valence-electron chi connectivity index (χ4n) is 2.39. The first-order valence-corrected chi connectivity index (χ1v) is 6.50. The van der Waals surface area contributed by atoms with Crippen LogP contribution in [0.25, 0.3) is 11.1 Å². The van der Waals surface area contributed by atoms with Crippen molar-refractivity contribution < 1.29 is 9.47 Å². The van der Waals surface area contributed by atoms with Crippen LogP contribution in [0.3, 0.4) is 0 Å². The molecule has 0 atom stereocenters. The highest BCUT2D eigenvalue weighted by Crippen LogP contribution is 2.40. The van der Waals surface area contributed by atoms with Crippen LogP contribution in [0.4, 0.5) is 5.69 Å². The average Bonchev–Trinajstić information content (AvgIpc) is 2.62. The Bertz CT molecular complexity index is 587. The lowest BCUT2D eigenvalue weighted by Crippen LogP contribution is -1.98. The molecule has 0 radical (unpaired) electrons. The quantitative estimate of drug-likeness (QED) is 0.794. The van der Waals surface area contributed by atoms with E-state index in [1.165, 1.54) is 0 Å². The number of ether oxygens (including phenoxy) is 2. The number of nitrogen functional groups attached to an aromatic ring is 1. The molecule has 98 valence electrons. The molecule has 0 fully saturated rings. The largest absolute Gasteiger partial charge is 0.490 e. The van der Waals surface area contributed by atoms with Crippen LogP contribution in [0.2, 0.25) is 0 Å². The van der Waals surface area contributed by atoms with Gasteiger partial charge in [-0.25, -0.2) is 0 Å². The molecular formula is C16H17NO2. The fourth-order valence-corrected chi connectivity index (χ4v) is 2.39. The van der Waals surface area contributed by atoms with Crippen molar-refractivity contribution in [3.05, 3.63) is 42.0 Å². The van der Waals surface area contributed by atoms with Gasteiger partial charge in [-0.05, 0) is 36.2 Å². The number of para-hydroxylation sites is 1. The molecule has 2 aromatic rings. The molecule has 0 saturated heterocycles. The summed E-state index contributed by atoms with van der Waals surface area (Å²) >= 11 is 0. The highest BCUT2D eigenvalue weighted by molar-refractivity contribution is 5.76. The SMILES string of the molecule is Cc1cc(N)cc(-c2cccc3c2OCCCO3)c1. The predicted molar refractivity (Wildman–Crippen MR) is 76.6 cm³/mol. The van der Waals surface area contributed by atoms with Crippen LogP contribution in [0.15, 0.2) is 36.4 Å². The van der Waals surface area contributed by atoms with Crippen molar-refractivity contribution in [1.29, 1.82) is 0 Å². The van der Waals surface area contributed by atoms with Gasteiger partial charge < -0.3 is 15.2 Å². The number of rotatable bonds is 1. The Morgan fingerprint density at radius 2 is 1.89 bits per heavy atom. The third-order valence-electron chi connectivity index (χ3n) is 3.18. The van der Waals surface area contributed by atoms with Gasteiger partial charge in [0, 0.05) is 17.7 Å². The minimum atomic E-state index is 0.686. The van der Waals surface area contributed by atoms with E-state index in [-0.39, 0.29) is 0 Å². The molecule has 2 aromatic carbocycles. The normalized spacial score (nSPS) is 13.9. The zero-order chi connectivity index (χ0) is 13.2. The average molecular weight is 255 g/mol. The zero-order valence-electron chi connectivity index (χ0n) is 11.0. The van der Waals surface area contributed by atoms with Crippen molar-refractivity contribution in [3.8, 4) is 22.6 Å². The van der Waals surface area contributed by atoms with Gasteiger partial charge in [-0.15, -0.1) is 0 Å². The van der Waals surface area contributed by atoms with Crippen molar-refractivity contribution >= 4 is 5.69 Å². The standard InChI is InChI=1S/C16H17NO2/c1-11-8-12(10-13(17)9-11)14-4-2-5-15-16(14)19-7-3-6-18-15/h2,4-5,8-10H,3,6-7,17H2,1H3. The molecule has 0 saturated carbocycles. The molecule has 3 rings (SSSR count). The van der Waals surface area contributed by atoms with Crippen LogP contribution in [-0.2, 0) is 0 Å². The molecule has 3 heteroatoms. The Balaban J connectivity index is 2.14. The third kappa shape index (κ3) is 2.36. The van der Waals surface area contributed by atoms with Crippen molar-refractivity contribution in [2.24, 2.45) is 0 Å². The van der Waals surface area contributed by atoms with Gasteiger partial charge in [0.05, 0.1) is 13.2 Å². The van der Waals surface area contributed by atoms with Gasteiger partial charge in [-0.2, -0.15) is 0 Å². The maximum absolute atomic E-state index is 5.93. The van der Waals surface area contributed by atoms with Gasteiger partial charge in [0.1, 0.15) is 0 Å². The Morgan fingerprint density at radius 1 is 1.05 bits per heavy atom. The van der Waals surface area contributed by atoms with E-state index in [4.69, 9.17) is 15.2 Å². The molecule has 19 heavy (non-hydrogen) atoms. The zero-order valence-corrected chi connectivity index (χ0v) is 11.0.